The molecule has 2 rings (SSSR count). The van der Waals surface area contributed by atoms with E-state index in [0.717, 1.165) is 18.9 Å². The van der Waals surface area contributed by atoms with Crippen molar-refractivity contribution in [3.63, 3.8) is 0 Å². The highest BCUT2D eigenvalue weighted by Gasteiger charge is 2.23. The van der Waals surface area contributed by atoms with Crippen LogP contribution in [0.3, 0.4) is 0 Å². The van der Waals surface area contributed by atoms with Crippen molar-refractivity contribution in [2.45, 2.75) is 18.9 Å². The van der Waals surface area contributed by atoms with Gasteiger partial charge in [0.05, 0.1) is 6.61 Å². The molecule has 0 saturated heterocycles. The molecule has 1 aliphatic heterocycles. The Kier molecular flexibility index (Phi) is 3.07. The minimum atomic E-state index is 0.359. The summed E-state index contributed by atoms with van der Waals surface area (Å²) in [7, 11) is 0. The fourth-order valence-electron chi connectivity index (χ4n) is 1.81. The first-order valence-corrected chi connectivity index (χ1v) is 5.39. The molecule has 2 heteroatoms. The molecule has 0 fully saturated rings. The van der Waals surface area contributed by atoms with Crippen molar-refractivity contribution in [1.82, 2.24) is 5.32 Å². The molecule has 15 heavy (non-hydrogen) atoms. The van der Waals surface area contributed by atoms with E-state index >= 15 is 0 Å². The summed E-state index contributed by atoms with van der Waals surface area (Å²) < 4.78 is 5.61. The van der Waals surface area contributed by atoms with Crippen molar-refractivity contribution in [2.75, 3.05) is 13.2 Å². The molecule has 0 spiro atoms. The Labute approximate surface area is 91.0 Å². The van der Waals surface area contributed by atoms with Crippen molar-refractivity contribution in [3.05, 3.63) is 42.5 Å². The Bertz CT molecular complexity index is 348. The molecule has 0 saturated carbocycles. The molecule has 1 N–H and O–H groups in total. The predicted octanol–water partition coefficient (Wildman–Crippen LogP) is 2.33. The molecule has 0 radical (unpaired) electrons. The van der Waals surface area contributed by atoms with E-state index in [-0.39, 0.29) is 0 Å². The molecule has 0 bridgehead atoms. The van der Waals surface area contributed by atoms with Gasteiger partial charge in [0, 0.05) is 24.1 Å². The average Bonchev–Trinajstić information content (AvgIpc) is 2.69. The lowest BCUT2D eigenvalue weighted by Gasteiger charge is -2.13. The minimum absolute atomic E-state index is 0.359. The third-order valence-electron chi connectivity index (χ3n) is 2.84. The Morgan fingerprint density at radius 2 is 2.40 bits per heavy atom. The summed E-state index contributed by atoms with van der Waals surface area (Å²) in [6.45, 7) is 7.60. The lowest BCUT2D eigenvalue weighted by molar-refractivity contribution is 0.325. The van der Waals surface area contributed by atoms with Gasteiger partial charge in [-0.1, -0.05) is 24.3 Å². The van der Waals surface area contributed by atoms with Crippen LogP contribution >= 0.6 is 0 Å². The van der Waals surface area contributed by atoms with Crippen LogP contribution in [-0.4, -0.2) is 19.2 Å². The Hall–Kier alpha value is -1.28. The monoisotopic (exact) mass is 203 g/mol. The average molecular weight is 203 g/mol. The standard InChI is InChI=1S/C13H17NO/c1-3-10(2)14-8-11-9-15-13-7-5-4-6-12(11)13/h3-7,10-11,14H,1,8-9H2,2H3. The van der Waals surface area contributed by atoms with E-state index in [0.29, 0.717) is 12.0 Å². The zero-order chi connectivity index (χ0) is 10.7. The molecule has 0 aliphatic carbocycles. The number of hydrogen-bond donors (Lipinski definition) is 1. The number of rotatable bonds is 4. The number of ether oxygens (including phenoxy) is 1. The van der Waals surface area contributed by atoms with Gasteiger partial charge in [-0.3, -0.25) is 0 Å². The van der Waals surface area contributed by atoms with E-state index < -0.39 is 0 Å². The van der Waals surface area contributed by atoms with Crippen molar-refractivity contribution in [2.24, 2.45) is 0 Å². The van der Waals surface area contributed by atoms with Gasteiger partial charge >= 0.3 is 0 Å². The van der Waals surface area contributed by atoms with Crippen molar-refractivity contribution in [3.8, 4) is 5.75 Å². The zero-order valence-corrected chi connectivity index (χ0v) is 9.07. The second kappa shape index (κ2) is 4.49. The summed E-state index contributed by atoms with van der Waals surface area (Å²) >= 11 is 0. The Morgan fingerprint density at radius 1 is 1.60 bits per heavy atom. The summed E-state index contributed by atoms with van der Waals surface area (Å²) in [4.78, 5) is 0. The second-order valence-electron chi connectivity index (χ2n) is 3.98. The highest BCUT2D eigenvalue weighted by Crippen LogP contribution is 2.32. The number of fused-ring (bicyclic) bond motifs is 1. The smallest absolute Gasteiger partial charge is 0.122 e. The van der Waals surface area contributed by atoms with Gasteiger partial charge in [-0.25, -0.2) is 0 Å². The fourth-order valence-corrected chi connectivity index (χ4v) is 1.81. The summed E-state index contributed by atoms with van der Waals surface area (Å²) in [5, 5.41) is 3.42. The number of nitrogens with one attached hydrogen (secondary N) is 1. The van der Waals surface area contributed by atoms with E-state index in [9.17, 15) is 0 Å². The van der Waals surface area contributed by atoms with Gasteiger partial charge in [-0.2, -0.15) is 0 Å². The molecular formula is C13H17NO. The highest BCUT2D eigenvalue weighted by molar-refractivity contribution is 5.39. The van der Waals surface area contributed by atoms with Crippen LogP contribution in [0, 0.1) is 0 Å². The first-order valence-electron chi connectivity index (χ1n) is 5.39. The molecule has 1 aromatic carbocycles. The maximum Gasteiger partial charge on any atom is 0.122 e. The van der Waals surface area contributed by atoms with Crippen LogP contribution in [0.15, 0.2) is 36.9 Å². The van der Waals surface area contributed by atoms with Crippen LogP contribution < -0.4 is 10.1 Å². The van der Waals surface area contributed by atoms with Crippen LogP contribution in [-0.2, 0) is 0 Å². The SMILES string of the molecule is C=CC(C)NCC1COc2ccccc21. The van der Waals surface area contributed by atoms with Crippen LogP contribution in [0.25, 0.3) is 0 Å². The maximum atomic E-state index is 5.61. The molecule has 1 aromatic rings. The van der Waals surface area contributed by atoms with Crippen molar-refractivity contribution < 1.29 is 4.74 Å². The van der Waals surface area contributed by atoms with E-state index in [1.165, 1.54) is 5.56 Å². The van der Waals surface area contributed by atoms with Gasteiger partial charge in [0.1, 0.15) is 5.75 Å². The summed E-state index contributed by atoms with van der Waals surface area (Å²) in [5.41, 5.74) is 1.32. The lowest BCUT2D eigenvalue weighted by atomic mass is 10.0. The van der Waals surface area contributed by atoms with Crippen molar-refractivity contribution in [1.29, 1.82) is 0 Å². The van der Waals surface area contributed by atoms with Gasteiger partial charge in [0.2, 0.25) is 0 Å². The quantitative estimate of drug-likeness (QED) is 0.758. The van der Waals surface area contributed by atoms with Crippen LogP contribution in [0.4, 0.5) is 0 Å². The third-order valence-corrected chi connectivity index (χ3v) is 2.84. The molecule has 2 atom stereocenters. The molecule has 0 amide bonds. The molecule has 2 unspecified atom stereocenters. The van der Waals surface area contributed by atoms with E-state index in [1.54, 1.807) is 0 Å². The van der Waals surface area contributed by atoms with E-state index in [1.807, 2.05) is 18.2 Å². The first kappa shape index (κ1) is 10.2. The Morgan fingerprint density at radius 3 is 3.20 bits per heavy atom. The third kappa shape index (κ3) is 2.21. The van der Waals surface area contributed by atoms with Gasteiger partial charge in [-0.15, -0.1) is 6.58 Å². The highest BCUT2D eigenvalue weighted by atomic mass is 16.5. The van der Waals surface area contributed by atoms with E-state index in [4.69, 9.17) is 4.74 Å². The summed E-state index contributed by atoms with van der Waals surface area (Å²) in [6.07, 6.45) is 1.92. The molecule has 0 aromatic heterocycles. The maximum absolute atomic E-state index is 5.61. The second-order valence-corrected chi connectivity index (χ2v) is 3.98. The Balaban J connectivity index is 1.99. The van der Waals surface area contributed by atoms with Crippen LogP contribution in [0.5, 0.6) is 5.75 Å². The molecule has 1 aliphatic rings. The predicted molar refractivity (Wildman–Crippen MR) is 62.3 cm³/mol. The molecular weight excluding hydrogens is 186 g/mol. The lowest BCUT2D eigenvalue weighted by Crippen LogP contribution is -2.29. The van der Waals surface area contributed by atoms with Crippen molar-refractivity contribution >= 4 is 0 Å². The molecule has 80 valence electrons. The van der Waals surface area contributed by atoms with Crippen LogP contribution in [0.1, 0.15) is 18.4 Å². The van der Waals surface area contributed by atoms with Gasteiger partial charge in [0.25, 0.3) is 0 Å². The molecule has 2 nitrogen and oxygen atoms in total. The van der Waals surface area contributed by atoms with Gasteiger partial charge in [0.15, 0.2) is 0 Å². The molecule has 1 heterocycles. The topological polar surface area (TPSA) is 21.3 Å². The van der Waals surface area contributed by atoms with Gasteiger partial charge < -0.3 is 10.1 Å². The zero-order valence-electron chi connectivity index (χ0n) is 9.07. The van der Waals surface area contributed by atoms with Crippen LogP contribution in [0.2, 0.25) is 0 Å². The number of para-hydroxylation sites is 1. The first-order chi connectivity index (χ1) is 7.31. The largest absolute Gasteiger partial charge is 0.493 e. The fraction of sp³-hybridized carbons (Fsp3) is 0.385. The summed E-state index contributed by atoms with van der Waals surface area (Å²) in [6, 6.07) is 8.62. The number of hydrogen-bond acceptors (Lipinski definition) is 2. The number of benzene rings is 1. The summed E-state index contributed by atoms with van der Waals surface area (Å²) in [5.74, 6) is 1.51. The minimum Gasteiger partial charge on any atom is -0.493 e. The van der Waals surface area contributed by atoms with E-state index in [2.05, 4.69) is 31.0 Å². The normalized spacial score (nSPS) is 20.5. The van der Waals surface area contributed by atoms with Gasteiger partial charge in [-0.05, 0) is 13.0 Å².